The van der Waals surface area contributed by atoms with Crippen molar-refractivity contribution in [2.75, 3.05) is 18.1 Å². The lowest BCUT2D eigenvalue weighted by Crippen LogP contribution is -2.34. The molecule has 1 aliphatic heterocycles. The Morgan fingerprint density at radius 2 is 2.07 bits per heavy atom. The first-order valence-corrected chi connectivity index (χ1v) is 7.01. The van der Waals surface area contributed by atoms with Crippen molar-refractivity contribution in [3.05, 3.63) is 0 Å². The number of hydrogen-bond donors (Lipinski definition) is 2. The van der Waals surface area contributed by atoms with E-state index in [-0.39, 0.29) is 17.4 Å². The van der Waals surface area contributed by atoms with Gasteiger partial charge in [-0.05, 0) is 19.3 Å². The van der Waals surface area contributed by atoms with E-state index in [1.807, 2.05) is 0 Å². The first-order valence-electron chi connectivity index (χ1n) is 5.19. The first-order chi connectivity index (χ1) is 6.57. The Labute approximate surface area is 84.6 Å². The molecule has 2 rings (SSSR count). The molecule has 14 heavy (non-hydrogen) atoms. The Hall–Kier alpha value is -0.130. The van der Waals surface area contributed by atoms with Crippen LogP contribution in [0.5, 0.6) is 0 Å². The van der Waals surface area contributed by atoms with Gasteiger partial charge in [0.2, 0.25) is 0 Å². The van der Waals surface area contributed by atoms with E-state index in [0.29, 0.717) is 19.0 Å². The monoisotopic (exact) mass is 219 g/mol. The largest absolute Gasteiger partial charge is 0.391 e. The summed E-state index contributed by atoms with van der Waals surface area (Å²) in [6.07, 6.45) is 2.51. The van der Waals surface area contributed by atoms with E-state index in [4.69, 9.17) is 0 Å². The van der Waals surface area contributed by atoms with E-state index in [0.717, 1.165) is 0 Å². The van der Waals surface area contributed by atoms with Gasteiger partial charge in [-0.1, -0.05) is 0 Å². The second-order valence-corrected chi connectivity index (χ2v) is 6.64. The van der Waals surface area contributed by atoms with Crippen LogP contribution in [0.4, 0.5) is 0 Å². The molecular formula is C9H17NO3S. The van der Waals surface area contributed by atoms with Crippen molar-refractivity contribution in [2.24, 2.45) is 5.92 Å². The summed E-state index contributed by atoms with van der Waals surface area (Å²) in [6, 6.07) is 0.572. The van der Waals surface area contributed by atoms with Gasteiger partial charge in [-0.3, -0.25) is 0 Å². The van der Waals surface area contributed by atoms with Crippen molar-refractivity contribution in [2.45, 2.75) is 31.4 Å². The smallest absolute Gasteiger partial charge is 0.150 e. The van der Waals surface area contributed by atoms with Gasteiger partial charge in [0.1, 0.15) is 0 Å². The normalized spacial score (nSPS) is 33.1. The van der Waals surface area contributed by atoms with Crippen LogP contribution in [0.2, 0.25) is 0 Å². The molecule has 0 spiro atoms. The molecule has 0 radical (unpaired) electrons. The van der Waals surface area contributed by atoms with Gasteiger partial charge in [0.05, 0.1) is 17.6 Å². The van der Waals surface area contributed by atoms with Crippen LogP contribution in [-0.2, 0) is 9.84 Å². The maximum Gasteiger partial charge on any atom is 0.150 e. The third-order valence-electron chi connectivity index (χ3n) is 3.00. The van der Waals surface area contributed by atoms with Crippen molar-refractivity contribution in [3.63, 3.8) is 0 Å². The molecule has 0 aromatic heterocycles. The van der Waals surface area contributed by atoms with E-state index >= 15 is 0 Å². The maximum atomic E-state index is 11.2. The highest BCUT2D eigenvalue weighted by atomic mass is 32.2. The number of nitrogens with one attached hydrogen (secondary N) is 1. The molecule has 0 aromatic rings. The van der Waals surface area contributed by atoms with Crippen molar-refractivity contribution in [1.82, 2.24) is 5.32 Å². The zero-order valence-corrected chi connectivity index (χ0v) is 8.96. The summed E-state index contributed by atoms with van der Waals surface area (Å²) < 4.78 is 22.3. The third-order valence-corrected chi connectivity index (χ3v) is 4.80. The van der Waals surface area contributed by atoms with Crippen LogP contribution in [0.25, 0.3) is 0 Å². The predicted octanol–water partition coefficient (Wildman–Crippen LogP) is -0.466. The van der Waals surface area contributed by atoms with Crippen LogP contribution in [0.3, 0.4) is 0 Å². The second kappa shape index (κ2) is 3.79. The Morgan fingerprint density at radius 1 is 1.36 bits per heavy atom. The molecule has 2 fully saturated rings. The highest BCUT2D eigenvalue weighted by molar-refractivity contribution is 7.91. The average Bonchev–Trinajstić information content (AvgIpc) is 2.86. The fraction of sp³-hybridized carbons (Fsp3) is 1.00. The van der Waals surface area contributed by atoms with E-state index in [9.17, 15) is 13.5 Å². The minimum atomic E-state index is -2.85. The summed E-state index contributed by atoms with van der Waals surface area (Å²) in [6.45, 7) is 0.546. The summed E-state index contributed by atoms with van der Waals surface area (Å²) in [5.41, 5.74) is 0. The molecule has 1 saturated heterocycles. The van der Waals surface area contributed by atoms with Gasteiger partial charge in [0.25, 0.3) is 0 Å². The molecular weight excluding hydrogens is 202 g/mol. The zero-order chi connectivity index (χ0) is 10.2. The van der Waals surface area contributed by atoms with Gasteiger partial charge in [-0.25, -0.2) is 8.42 Å². The van der Waals surface area contributed by atoms with E-state index in [2.05, 4.69) is 5.32 Å². The van der Waals surface area contributed by atoms with Crippen LogP contribution in [0.15, 0.2) is 0 Å². The van der Waals surface area contributed by atoms with Crippen LogP contribution in [0.1, 0.15) is 19.3 Å². The van der Waals surface area contributed by atoms with Gasteiger partial charge >= 0.3 is 0 Å². The summed E-state index contributed by atoms with van der Waals surface area (Å²) in [4.78, 5) is 0. The SMILES string of the molecule is O=S1(=O)CCC(C(O)CNC2CC2)C1. The molecule has 4 nitrogen and oxygen atoms in total. The van der Waals surface area contributed by atoms with Crippen molar-refractivity contribution in [1.29, 1.82) is 0 Å². The Kier molecular flexibility index (Phi) is 2.81. The highest BCUT2D eigenvalue weighted by Crippen LogP contribution is 2.23. The summed E-state index contributed by atoms with van der Waals surface area (Å²) in [5.74, 6) is 0.366. The van der Waals surface area contributed by atoms with E-state index < -0.39 is 15.9 Å². The Bertz CT molecular complexity index is 297. The maximum absolute atomic E-state index is 11.2. The molecule has 2 atom stereocenters. The number of aliphatic hydroxyl groups excluding tert-OH is 1. The standard InChI is InChI=1S/C9H17NO3S/c11-9(5-10-8-1-2-8)7-3-4-14(12,13)6-7/h7-11H,1-6H2. The molecule has 1 heterocycles. The van der Waals surface area contributed by atoms with Crippen molar-refractivity contribution >= 4 is 9.84 Å². The van der Waals surface area contributed by atoms with Gasteiger partial charge in [-0.15, -0.1) is 0 Å². The molecule has 2 N–H and O–H groups in total. The Morgan fingerprint density at radius 3 is 2.57 bits per heavy atom. The summed E-state index contributed by atoms with van der Waals surface area (Å²) in [7, 11) is -2.85. The van der Waals surface area contributed by atoms with Crippen LogP contribution in [-0.4, -0.2) is 43.7 Å². The van der Waals surface area contributed by atoms with E-state index in [1.54, 1.807) is 0 Å². The number of hydrogen-bond acceptors (Lipinski definition) is 4. The molecule has 0 amide bonds. The molecule has 2 unspecified atom stereocenters. The van der Waals surface area contributed by atoms with Gasteiger partial charge in [0.15, 0.2) is 9.84 Å². The quantitative estimate of drug-likeness (QED) is 0.671. The van der Waals surface area contributed by atoms with E-state index in [1.165, 1.54) is 12.8 Å². The topological polar surface area (TPSA) is 66.4 Å². The molecule has 2 aliphatic rings. The highest BCUT2D eigenvalue weighted by Gasteiger charge is 2.33. The van der Waals surface area contributed by atoms with Crippen LogP contribution in [0, 0.1) is 5.92 Å². The van der Waals surface area contributed by atoms with Gasteiger partial charge in [-0.2, -0.15) is 0 Å². The molecule has 0 bridgehead atoms. The number of rotatable bonds is 4. The summed E-state index contributed by atoms with van der Waals surface area (Å²) in [5, 5.41) is 12.9. The third kappa shape index (κ3) is 2.68. The molecule has 82 valence electrons. The van der Waals surface area contributed by atoms with Gasteiger partial charge in [0, 0.05) is 18.5 Å². The molecule has 5 heteroatoms. The summed E-state index contributed by atoms with van der Waals surface area (Å²) >= 11 is 0. The lowest BCUT2D eigenvalue weighted by atomic mass is 10.0. The van der Waals surface area contributed by atoms with Crippen molar-refractivity contribution < 1.29 is 13.5 Å². The number of sulfone groups is 1. The number of aliphatic hydroxyl groups is 1. The minimum Gasteiger partial charge on any atom is -0.391 e. The Balaban J connectivity index is 1.77. The van der Waals surface area contributed by atoms with Gasteiger partial charge < -0.3 is 10.4 Å². The molecule has 1 aliphatic carbocycles. The average molecular weight is 219 g/mol. The first kappa shape index (κ1) is 10.4. The van der Waals surface area contributed by atoms with Crippen LogP contribution >= 0.6 is 0 Å². The lowest BCUT2D eigenvalue weighted by molar-refractivity contribution is 0.118. The minimum absolute atomic E-state index is 0.0498. The van der Waals surface area contributed by atoms with Crippen LogP contribution < -0.4 is 5.32 Å². The molecule has 0 aromatic carbocycles. The fourth-order valence-electron chi connectivity index (χ4n) is 1.87. The van der Waals surface area contributed by atoms with Crippen molar-refractivity contribution in [3.8, 4) is 0 Å². The lowest BCUT2D eigenvalue weighted by Gasteiger charge is -2.16. The fourth-order valence-corrected chi connectivity index (χ4v) is 3.74. The second-order valence-electron chi connectivity index (χ2n) is 4.41. The zero-order valence-electron chi connectivity index (χ0n) is 8.15. The molecule has 1 saturated carbocycles. The predicted molar refractivity (Wildman–Crippen MR) is 53.8 cm³/mol.